The first-order chi connectivity index (χ1) is 9.93. The van der Waals surface area contributed by atoms with Crippen LogP contribution in [0.4, 0.5) is 0 Å². The first-order valence-electron chi connectivity index (χ1n) is 7.65. The van der Waals surface area contributed by atoms with E-state index in [-0.39, 0.29) is 0 Å². The molecule has 0 atom stereocenters. The minimum atomic E-state index is 0.572. The molecule has 0 amide bonds. The van der Waals surface area contributed by atoms with E-state index < -0.39 is 0 Å². The molecule has 1 N–H and O–H groups in total. The van der Waals surface area contributed by atoms with E-state index in [1.54, 1.807) is 0 Å². The summed E-state index contributed by atoms with van der Waals surface area (Å²) in [7, 11) is 0. The van der Waals surface area contributed by atoms with Crippen LogP contribution in [0, 0.1) is 0 Å². The minimum Gasteiger partial charge on any atom is -0.317 e. The Morgan fingerprint density at radius 1 is 1.10 bits per heavy atom. The van der Waals surface area contributed by atoms with Crippen molar-refractivity contribution in [3.63, 3.8) is 0 Å². The summed E-state index contributed by atoms with van der Waals surface area (Å²) in [6, 6.07) is 8.64. The van der Waals surface area contributed by atoms with Gasteiger partial charge >= 0.3 is 0 Å². The van der Waals surface area contributed by atoms with Crippen molar-refractivity contribution in [1.82, 2.24) is 20.1 Å². The van der Waals surface area contributed by atoms with E-state index in [0.717, 1.165) is 31.9 Å². The second-order valence-electron chi connectivity index (χ2n) is 5.82. The lowest BCUT2D eigenvalue weighted by Crippen LogP contribution is -2.28. The van der Waals surface area contributed by atoms with E-state index >= 15 is 0 Å². The van der Waals surface area contributed by atoms with Crippen LogP contribution in [0.1, 0.15) is 36.6 Å². The second kappa shape index (κ2) is 5.02. The van der Waals surface area contributed by atoms with Crippen LogP contribution in [0.2, 0.25) is 0 Å². The molecule has 0 spiro atoms. The number of aryl methyl sites for hydroxylation is 1. The normalized spacial score (nSPS) is 19.2. The highest BCUT2D eigenvalue weighted by Gasteiger charge is 2.25. The van der Waals surface area contributed by atoms with Gasteiger partial charge in [-0.25, -0.2) is 0 Å². The van der Waals surface area contributed by atoms with Gasteiger partial charge in [0.25, 0.3) is 0 Å². The van der Waals surface area contributed by atoms with Crippen molar-refractivity contribution in [3.05, 3.63) is 35.7 Å². The summed E-state index contributed by atoms with van der Waals surface area (Å²) in [6.45, 7) is 3.25. The van der Waals surface area contributed by atoms with E-state index in [1.165, 1.54) is 36.2 Å². The molecule has 2 aliphatic rings. The third-order valence-corrected chi connectivity index (χ3v) is 4.57. The zero-order chi connectivity index (χ0) is 13.4. The van der Waals surface area contributed by atoms with E-state index in [2.05, 4.69) is 44.3 Å². The summed E-state index contributed by atoms with van der Waals surface area (Å²) < 4.78 is 2.38. The highest BCUT2D eigenvalue weighted by Crippen LogP contribution is 2.31. The third-order valence-electron chi connectivity index (χ3n) is 4.57. The summed E-state index contributed by atoms with van der Waals surface area (Å²) in [5.74, 6) is 2.85. The lowest BCUT2D eigenvalue weighted by molar-refractivity contribution is 0.428. The van der Waals surface area contributed by atoms with Gasteiger partial charge in [-0.3, -0.25) is 0 Å². The Morgan fingerprint density at radius 3 is 2.85 bits per heavy atom. The quantitative estimate of drug-likeness (QED) is 0.863. The highest BCUT2D eigenvalue weighted by atomic mass is 15.3. The Balaban J connectivity index is 1.78. The smallest absolute Gasteiger partial charge is 0.164 e. The van der Waals surface area contributed by atoms with Gasteiger partial charge < -0.3 is 9.88 Å². The molecule has 0 bridgehead atoms. The standard InChI is InChI=1S/C16H20N4/c1-2-6-14-12(4-1)5-3-11-20-15(18-19-16(14)20)13-7-9-17-10-8-13/h1-2,4,6,13,17H,3,5,7-11H2. The van der Waals surface area contributed by atoms with Crippen molar-refractivity contribution in [1.29, 1.82) is 0 Å². The van der Waals surface area contributed by atoms with Crippen LogP contribution in [0.5, 0.6) is 0 Å². The summed E-state index contributed by atoms with van der Waals surface area (Å²) >= 11 is 0. The fraction of sp³-hybridized carbons (Fsp3) is 0.500. The first-order valence-corrected chi connectivity index (χ1v) is 7.65. The fourth-order valence-electron chi connectivity index (χ4n) is 3.50. The number of fused-ring (bicyclic) bond motifs is 3. The molecule has 1 fully saturated rings. The zero-order valence-electron chi connectivity index (χ0n) is 11.7. The Bertz CT molecular complexity index is 611. The van der Waals surface area contributed by atoms with E-state index in [9.17, 15) is 0 Å². The number of aromatic nitrogens is 3. The molecule has 4 heteroatoms. The number of piperidine rings is 1. The third kappa shape index (κ3) is 1.95. The molecule has 2 aliphatic heterocycles. The summed E-state index contributed by atoms with van der Waals surface area (Å²) in [5.41, 5.74) is 2.69. The summed E-state index contributed by atoms with van der Waals surface area (Å²) in [5, 5.41) is 12.5. The average molecular weight is 268 g/mol. The van der Waals surface area contributed by atoms with E-state index in [0.29, 0.717) is 5.92 Å². The van der Waals surface area contributed by atoms with Gasteiger partial charge in [-0.1, -0.05) is 24.3 Å². The fourth-order valence-corrected chi connectivity index (χ4v) is 3.50. The maximum atomic E-state index is 4.55. The Morgan fingerprint density at radius 2 is 1.95 bits per heavy atom. The molecule has 4 rings (SSSR count). The molecule has 104 valence electrons. The SMILES string of the molecule is c1ccc2c(c1)CCCn1c-2nnc1C1CCNCC1. The molecule has 0 aliphatic carbocycles. The lowest BCUT2D eigenvalue weighted by atomic mass is 9.97. The van der Waals surface area contributed by atoms with E-state index in [4.69, 9.17) is 0 Å². The number of nitrogens with zero attached hydrogens (tertiary/aromatic N) is 3. The average Bonchev–Trinajstić information content (AvgIpc) is 2.84. The number of rotatable bonds is 1. The Hall–Kier alpha value is -1.68. The van der Waals surface area contributed by atoms with Gasteiger partial charge in [-0.2, -0.15) is 0 Å². The van der Waals surface area contributed by atoms with Crippen LogP contribution in [0.15, 0.2) is 24.3 Å². The predicted molar refractivity (Wildman–Crippen MR) is 78.6 cm³/mol. The molecule has 0 radical (unpaired) electrons. The van der Waals surface area contributed by atoms with Gasteiger partial charge in [-0.15, -0.1) is 10.2 Å². The maximum absolute atomic E-state index is 4.55. The van der Waals surface area contributed by atoms with Gasteiger partial charge in [0.1, 0.15) is 5.82 Å². The minimum absolute atomic E-state index is 0.572. The molecule has 2 aromatic rings. The molecular weight excluding hydrogens is 248 g/mol. The largest absolute Gasteiger partial charge is 0.317 e. The van der Waals surface area contributed by atoms with Crippen LogP contribution >= 0.6 is 0 Å². The van der Waals surface area contributed by atoms with Crippen molar-refractivity contribution >= 4 is 0 Å². The van der Waals surface area contributed by atoms with Crippen LogP contribution in [0.3, 0.4) is 0 Å². The molecule has 4 nitrogen and oxygen atoms in total. The number of hydrogen-bond acceptors (Lipinski definition) is 3. The Labute approximate surface area is 119 Å². The van der Waals surface area contributed by atoms with Gasteiger partial charge in [0.2, 0.25) is 0 Å². The molecular formula is C16H20N4. The molecule has 20 heavy (non-hydrogen) atoms. The van der Waals surface area contributed by atoms with Gasteiger partial charge in [0, 0.05) is 18.0 Å². The monoisotopic (exact) mass is 268 g/mol. The highest BCUT2D eigenvalue weighted by molar-refractivity contribution is 5.61. The van der Waals surface area contributed by atoms with Gasteiger partial charge in [0.05, 0.1) is 0 Å². The Kier molecular flexibility index (Phi) is 3.03. The molecule has 1 aromatic carbocycles. The summed E-state index contributed by atoms with van der Waals surface area (Å²) in [6.07, 6.45) is 4.69. The predicted octanol–water partition coefficient (Wildman–Crippen LogP) is 2.36. The molecule has 0 saturated carbocycles. The topological polar surface area (TPSA) is 42.7 Å². The van der Waals surface area contributed by atoms with Gasteiger partial charge in [-0.05, 0) is 44.3 Å². The van der Waals surface area contributed by atoms with Crippen molar-refractivity contribution in [3.8, 4) is 11.4 Å². The van der Waals surface area contributed by atoms with Gasteiger partial charge in [0.15, 0.2) is 5.82 Å². The van der Waals surface area contributed by atoms with E-state index in [1.807, 2.05) is 0 Å². The van der Waals surface area contributed by atoms with Crippen molar-refractivity contribution in [2.45, 2.75) is 38.1 Å². The molecule has 3 heterocycles. The van der Waals surface area contributed by atoms with Crippen molar-refractivity contribution in [2.75, 3.05) is 13.1 Å². The summed E-state index contributed by atoms with van der Waals surface area (Å²) in [4.78, 5) is 0. The second-order valence-corrected chi connectivity index (χ2v) is 5.82. The zero-order valence-corrected chi connectivity index (χ0v) is 11.7. The molecule has 0 unspecified atom stereocenters. The van der Waals surface area contributed by atoms with Crippen LogP contribution in [-0.4, -0.2) is 27.9 Å². The lowest BCUT2D eigenvalue weighted by Gasteiger charge is -2.22. The number of hydrogen-bond donors (Lipinski definition) is 1. The van der Waals surface area contributed by atoms with Crippen molar-refractivity contribution < 1.29 is 0 Å². The number of benzene rings is 1. The van der Waals surface area contributed by atoms with Crippen LogP contribution in [-0.2, 0) is 13.0 Å². The van der Waals surface area contributed by atoms with Crippen molar-refractivity contribution in [2.24, 2.45) is 0 Å². The molecule has 1 saturated heterocycles. The molecule has 1 aromatic heterocycles. The number of nitrogens with one attached hydrogen (secondary N) is 1. The van der Waals surface area contributed by atoms with Crippen LogP contribution in [0.25, 0.3) is 11.4 Å². The maximum Gasteiger partial charge on any atom is 0.164 e. The van der Waals surface area contributed by atoms with Crippen LogP contribution < -0.4 is 5.32 Å². The first kappa shape index (κ1) is 12.1.